The van der Waals surface area contributed by atoms with Gasteiger partial charge in [0.15, 0.2) is 0 Å². The minimum absolute atomic E-state index is 0.198. The lowest BCUT2D eigenvalue weighted by molar-refractivity contribution is -0.147. The molecular weight excluding hydrogens is 136 g/mol. The highest BCUT2D eigenvalue weighted by atomic mass is 16.6. The second kappa shape index (κ2) is 1.71. The van der Waals surface area contributed by atoms with Gasteiger partial charge in [0.2, 0.25) is 0 Å². The van der Waals surface area contributed by atoms with Gasteiger partial charge >= 0.3 is 11.9 Å². The Bertz CT molecular complexity index is 198. The summed E-state index contributed by atoms with van der Waals surface area (Å²) < 4.78 is 9.42. The first-order valence-electron chi connectivity index (χ1n) is 3.13. The Labute approximate surface area is 57.1 Å². The zero-order valence-corrected chi connectivity index (χ0v) is 5.20. The van der Waals surface area contributed by atoms with E-state index >= 15 is 0 Å². The van der Waals surface area contributed by atoms with Crippen LogP contribution in [0.15, 0.2) is 0 Å². The largest absolute Gasteiger partial charge is 0.461 e. The predicted octanol–water partition coefficient (Wildman–Crippen LogP) is -0.525. The Morgan fingerprint density at radius 1 is 1.40 bits per heavy atom. The SMILES string of the molecule is O=C1CC2C(=O)OCC2O1. The van der Waals surface area contributed by atoms with Crippen LogP contribution in [0.2, 0.25) is 0 Å². The van der Waals surface area contributed by atoms with Gasteiger partial charge in [-0.2, -0.15) is 0 Å². The molecule has 0 spiro atoms. The Morgan fingerprint density at radius 3 is 2.90 bits per heavy atom. The third kappa shape index (κ3) is 0.616. The number of hydrogen-bond donors (Lipinski definition) is 0. The Balaban J connectivity index is 2.19. The second-order valence-electron chi connectivity index (χ2n) is 2.47. The molecule has 2 fully saturated rings. The van der Waals surface area contributed by atoms with Gasteiger partial charge in [-0.05, 0) is 0 Å². The highest BCUT2D eigenvalue weighted by Gasteiger charge is 2.46. The average Bonchev–Trinajstić information content (AvgIpc) is 2.35. The van der Waals surface area contributed by atoms with E-state index < -0.39 is 0 Å². The Kier molecular flexibility index (Phi) is 0.977. The molecule has 0 bridgehead atoms. The normalized spacial score (nSPS) is 37.2. The summed E-state index contributed by atoms with van der Waals surface area (Å²) in [5.74, 6) is -0.894. The lowest BCUT2D eigenvalue weighted by Gasteiger charge is -1.99. The molecule has 0 N–H and O–H groups in total. The molecule has 0 amide bonds. The lowest BCUT2D eigenvalue weighted by atomic mass is 10.1. The smallest absolute Gasteiger partial charge is 0.313 e. The van der Waals surface area contributed by atoms with Crippen molar-refractivity contribution in [3.8, 4) is 0 Å². The highest BCUT2D eigenvalue weighted by Crippen LogP contribution is 2.28. The Morgan fingerprint density at radius 2 is 2.20 bits per heavy atom. The van der Waals surface area contributed by atoms with E-state index in [2.05, 4.69) is 4.74 Å². The van der Waals surface area contributed by atoms with Crippen LogP contribution >= 0.6 is 0 Å². The van der Waals surface area contributed by atoms with E-state index in [0.717, 1.165) is 0 Å². The first kappa shape index (κ1) is 5.70. The molecule has 2 aliphatic rings. The van der Waals surface area contributed by atoms with E-state index in [1.807, 2.05) is 0 Å². The van der Waals surface area contributed by atoms with Gasteiger partial charge in [0.1, 0.15) is 18.6 Å². The molecule has 0 aromatic carbocycles. The molecule has 0 aliphatic carbocycles. The van der Waals surface area contributed by atoms with Crippen LogP contribution in [0.1, 0.15) is 6.42 Å². The summed E-state index contributed by atoms with van der Waals surface area (Å²) in [6, 6.07) is 0. The minimum atomic E-state index is -0.313. The lowest BCUT2D eigenvalue weighted by Crippen LogP contribution is -2.14. The standard InChI is InChI=1S/C6H6O4/c7-5-1-3-4(10-5)2-9-6(3)8/h3-4H,1-2H2. The van der Waals surface area contributed by atoms with Crippen molar-refractivity contribution in [2.45, 2.75) is 12.5 Å². The average molecular weight is 142 g/mol. The summed E-state index contributed by atoms with van der Waals surface area (Å²) in [4.78, 5) is 21.3. The van der Waals surface area contributed by atoms with Gasteiger partial charge < -0.3 is 9.47 Å². The first-order valence-corrected chi connectivity index (χ1v) is 3.13. The van der Waals surface area contributed by atoms with Gasteiger partial charge in [-0.15, -0.1) is 0 Å². The van der Waals surface area contributed by atoms with E-state index in [0.29, 0.717) is 0 Å². The molecule has 2 unspecified atom stereocenters. The van der Waals surface area contributed by atoms with Crippen LogP contribution in [-0.4, -0.2) is 24.6 Å². The molecule has 10 heavy (non-hydrogen) atoms. The maximum Gasteiger partial charge on any atom is 0.313 e. The van der Waals surface area contributed by atoms with Gasteiger partial charge in [0, 0.05) is 0 Å². The molecule has 4 nitrogen and oxygen atoms in total. The maximum absolute atomic E-state index is 10.7. The molecule has 2 rings (SSSR count). The maximum atomic E-state index is 10.7. The molecule has 0 aromatic rings. The van der Waals surface area contributed by atoms with Crippen LogP contribution in [0.25, 0.3) is 0 Å². The number of carbonyl (C=O) groups is 2. The topological polar surface area (TPSA) is 52.6 Å². The molecule has 2 heterocycles. The van der Waals surface area contributed by atoms with Crippen molar-refractivity contribution in [2.24, 2.45) is 5.92 Å². The molecular formula is C6H6O4. The van der Waals surface area contributed by atoms with Crippen molar-refractivity contribution in [2.75, 3.05) is 6.61 Å². The fourth-order valence-electron chi connectivity index (χ4n) is 1.27. The van der Waals surface area contributed by atoms with Crippen LogP contribution in [-0.2, 0) is 19.1 Å². The molecule has 2 saturated heterocycles. The van der Waals surface area contributed by atoms with Crippen molar-refractivity contribution in [1.29, 1.82) is 0 Å². The summed E-state index contributed by atoms with van der Waals surface area (Å²) in [5, 5.41) is 0. The number of esters is 2. The summed E-state index contributed by atoms with van der Waals surface area (Å²) in [6.07, 6.45) is -0.0938. The van der Waals surface area contributed by atoms with Gasteiger partial charge in [-0.1, -0.05) is 0 Å². The van der Waals surface area contributed by atoms with Crippen molar-refractivity contribution in [1.82, 2.24) is 0 Å². The fraction of sp³-hybridized carbons (Fsp3) is 0.667. The molecule has 2 atom stereocenters. The number of fused-ring (bicyclic) bond motifs is 1. The second-order valence-corrected chi connectivity index (χ2v) is 2.47. The highest BCUT2D eigenvalue weighted by molar-refractivity contribution is 5.85. The van der Waals surface area contributed by atoms with E-state index in [-0.39, 0.29) is 37.0 Å². The number of cyclic esters (lactones) is 1. The van der Waals surface area contributed by atoms with E-state index in [1.165, 1.54) is 0 Å². The number of carbonyl (C=O) groups excluding carboxylic acids is 2. The molecule has 0 radical (unpaired) electrons. The third-order valence-corrected chi connectivity index (χ3v) is 1.81. The van der Waals surface area contributed by atoms with Crippen LogP contribution in [0.3, 0.4) is 0 Å². The van der Waals surface area contributed by atoms with Gasteiger partial charge in [-0.3, -0.25) is 9.59 Å². The summed E-state index contributed by atoms with van der Waals surface area (Å²) >= 11 is 0. The van der Waals surface area contributed by atoms with E-state index in [4.69, 9.17) is 4.74 Å². The van der Waals surface area contributed by atoms with Crippen molar-refractivity contribution in [3.05, 3.63) is 0 Å². The first-order chi connectivity index (χ1) is 4.77. The molecule has 0 aromatic heterocycles. The van der Waals surface area contributed by atoms with E-state index in [1.54, 1.807) is 0 Å². The number of hydrogen-bond acceptors (Lipinski definition) is 4. The molecule has 4 heteroatoms. The Hall–Kier alpha value is -1.06. The van der Waals surface area contributed by atoms with Gasteiger partial charge in [-0.25, -0.2) is 0 Å². The molecule has 2 aliphatic heterocycles. The fourth-order valence-corrected chi connectivity index (χ4v) is 1.27. The minimum Gasteiger partial charge on any atom is -0.461 e. The van der Waals surface area contributed by atoms with Crippen LogP contribution in [0, 0.1) is 5.92 Å². The van der Waals surface area contributed by atoms with Crippen LogP contribution in [0.5, 0.6) is 0 Å². The molecule has 54 valence electrons. The monoisotopic (exact) mass is 142 g/mol. The van der Waals surface area contributed by atoms with Crippen molar-refractivity contribution in [3.63, 3.8) is 0 Å². The van der Waals surface area contributed by atoms with Crippen LogP contribution in [0.4, 0.5) is 0 Å². The van der Waals surface area contributed by atoms with Crippen molar-refractivity contribution >= 4 is 11.9 Å². The van der Waals surface area contributed by atoms with Crippen molar-refractivity contribution < 1.29 is 19.1 Å². The molecule has 0 saturated carbocycles. The summed E-state index contributed by atoms with van der Waals surface area (Å²) in [6.45, 7) is 0.245. The predicted molar refractivity (Wildman–Crippen MR) is 28.9 cm³/mol. The summed E-state index contributed by atoms with van der Waals surface area (Å²) in [7, 11) is 0. The number of rotatable bonds is 0. The zero-order chi connectivity index (χ0) is 7.14. The zero-order valence-electron chi connectivity index (χ0n) is 5.20. The van der Waals surface area contributed by atoms with E-state index in [9.17, 15) is 9.59 Å². The third-order valence-electron chi connectivity index (χ3n) is 1.81. The summed E-state index contributed by atoms with van der Waals surface area (Å²) in [5.41, 5.74) is 0. The number of ether oxygens (including phenoxy) is 2. The van der Waals surface area contributed by atoms with Crippen LogP contribution < -0.4 is 0 Å². The van der Waals surface area contributed by atoms with Gasteiger partial charge in [0.25, 0.3) is 0 Å². The quantitative estimate of drug-likeness (QED) is 0.427. The van der Waals surface area contributed by atoms with Gasteiger partial charge in [0.05, 0.1) is 6.42 Å².